The van der Waals surface area contributed by atoms with Crippen LogP contribution in [0.4, 0.5) is 0 Å². The van der Waals surface area contributed by atoms with E-state index in [9.17, 15) is 9.59 Å². The van der Waals surface area contributed by atoms with Crippen molar-refractivity contribution in [2.75, 3.05) is 6.54 Å². The first-order chi connectivity index (χ1) is 8.04. The molecular weight excluding hydrogens is 226 g/mol. The fourth-order valence-electron chi connectivity index (χ4n) is 1.12. The first-order valence-corrected chi connectivity index (χ1v) is 5.21. The fourth-order valence-corrected chi connectivity index (χ4v) is 1.12. The Kier molecular flexibility index (Phi) is 4.58. The lowest BCUT2D eigenvalue weighted by Crippen LogP contribution is -2.41. The summed E-state index contributed by atoms with van der Waals surface area (Å²) in [6, 6.07) is -0.514. The number of aromatic nitrogens is 3. The zero-order chi connectivity index (χ0) is 12.8. The summed E-state index contributed by atoms with van der Waals surface area (Å²) >= 11 is 0. The van der Waals surface area contributed by atoms with E-state index >= 15 is 0 Å². The molecule has 8 heteroatoms. The number of hydrogen-bond acceptors (Lipinski definition) is 5. The Hall–Kier alpha value is -1.96. The van der Waals surface area contributed by atoms with Gasteiger partial charge in [0.15, 0.2) is 5.69 Å². The van der Waals surface area contributed by atoms with Crippen LogP contribution in [0.5, 0.6) is 0 Å². The lowest BCUT2D eigenvalue weighted by Gasteiger charge is -2.09. The maximum atomic E-state index is 11.3. The highest BCUT2D eigenvalue weighted by Crippen LogP contribution is 1.92. The summed E-state index contributed by atoms with van der Waals surface area (Å²) in [5.74, 6) is -1.36. The number of rotatable bonds is 6. The smallest absolute Gasteiger partial charge is 0.358 e. The van der Waals surface area contributed by atoms with Crippen molar-refractivity contribution >= 4 is 11.9 Å². The van der Waals surface area contributed by atoms with Crippen LogP contribution in [0, 0.1) is 0 Å². The summed E-state index contributed by atoms with van der Waals surface area (Å²) in [4.78, 5) is 21.8. The van der Waals surface area contributed by atoms with Gasteiger partial charge in [0.2, 0.25) is 5.91 Å². The molecule has 0 aliphatic heterocycles. The second-order valence-electron chi connectivity index (χ2n) is 3.48. The van der Waals surface area contributed by atoms with Crippen LogP contribution in [0.25, 0.3) is 0 Å². The zero-order valence-electron chi connectivity index (χ0n) is 9.46. The van der Waals surface area contributed by atoms with E-state index in [1.165, 1.54) is 10.9 Å². The summed E-state index contributed by atoms with van der Waals surface area (Å²) in [5, 5.41) is 18.3. The van der Waals surface area contributed by atoms with Gasteiger partial charge in [-0.15, -0.1) is 5.10 Å². The average molecular weight is 241 g/mol. The molecular formula is C9H15N5O3. The number of carbonyl (C=O) groups excluding carboxylic acids is 1. The van der Waals surface area contributed by atoms with E-state index in [0.29, 0.717) is 19.5 Å². The first-order valence-electron chi connectivity index (χ1n) is 5.21. The predicted octanol–water partition coefficient (Wildman–Crippen LogP) is -1.17. The summed E-state index contributed by atoms with van der Waals surface area (Å²) in [6.07, 6.45) is 1.87. The second-order valence-corrected chi connectivity index (χ2v) is 3.48. The molecule has 0 saturated heterocycles. The Morgan fingerprint density at radius 3 is 2.88 bits per heavy atom. The Balaban J connectivity index is 2.35. The maximum Gasteiger partial charge on any atom is 0.358 e. The average Bonchev–Trinajstić information content (AvgIpc) is 2.76. The van der Waals surface area contributed by atoms with Crippen molar-refractivity contribution < 1.29 is 14.7 Å². The summed E-state index contributed by atoms with van der Waals surface area (Å²) in [6.45, 7) is 2.50. The fraction of sp³-hybridized carbons (Fsp3) is 0.556. The van der Waals surface area contributed by atoms with Gasteiger partial charge in [-0.25, -0.2) is 9.48 Å². The minimum atomic E-state index is -1.13. The van der Waals surface area contributed by atoms with Gasteiger partial charge in [-0.3, -0.25) is 4.79 Å². The van der Waals surface area contributed by atoms with Gasteiger partial charge in [0.1, 0.15) is 0 Å². The lowest BCUT2D eigenvalue weighted by atomic mass is 10.2. The normalized spacial score (nSPS) is 12.1. The highest BCUT2D eigenvalue weighted by molar-refractivity contribution is 5.84. The lowest BCUT2D eigenvalue weighted by molar-refractivity contribution is -0.122. The molecule has 4 N–H and O–H groups in total. The van der Waals surface area contributed by atoms with E-state index in [2.05, 4.69) is 15.6 Å². The van der Waals surface area contributed by atoms with Gasteiger partial charge in [0.25, 0.3) is 0 Å². The molecule has 0 spiro atoms. The quantitative estimate of drug-likeness (QED) is 0.576. The molecule has 0 radical (unpaired) electrons. The minimum absolute atomic E-state index is 0.124. The van der Waals surface area contributed by atoms with Crippen LogP contribution < -0.4 is 11.1 Å². The molecule has 0 aromatic carbocycles. The molecule has 1 aromatic rings. The number of nitrogens with zero attached hydrogens (tertiary/aromatic N) is 3. The molecule has 1 heterocycles. The molecule has 17 heavy (non-hydrogen) atoms. The monoisotopic (exact) mass is 241 g/mol. The van der Waals surface area contributed by atoms with E-state index in [1.54, 1.807) is 0 Å². The molecule has 1 aromatic heterocycles. The molecule has 0 unspecified atom stereocenters. The van der Waals surface area contributed by atoms with Crippen LogP contribution in [-0.2, 0) is 11.3 Å². The number of carboxylic acid groups (broad SMARTS) is 1. The van der Waals surface area contributed by atoms with Crippen molar-refractivity contribution in [2.45, 2.75) is 25.9 Å². The molecule has 94 valence electrons. The van der Waals surface area contributed by atoms with Gasteiger partial charge < -0.3 is 16.2 Å². The van der Waals surface area contributed by atoms with Gasteiger partial charge in [0.05, 0.1) is 18.8 Å². The SMILES string of the molecule is CC[C@@H](N)C(=O)NCCn1cc(C(=O)O)nn1. The second kappa shape index (κ2) is 5.94. The molecule has 0 aliphatic carbocycles. The largest absolute Gasteiger partial charge is 0.476 e. The number of carboxylic acids is 1. The summed E-state index contributed by atoms with van der Waals surface area (Å²) in [7, 11) is 0. The number of aromatic carboxylic acids is 1. The van der Waals surface area contributed by atoms with E-state index in [0.717, 1.165) is 0 Å². The van der Waals surface area contributed by atoms with E-state index < -0.39 is 12.0 Å². The number of nitrogens with one attached hydrogen (secondary N) is 1. The van der Waals surface area contributed by atoms with Crippen LogP contribution in [-0.4, -0.2) is 44.6 Å². The molecule has 0 saturated carbocycles. The van der Waals surface area contributed by atoms with Crippen LogP contribution in [0.1, 0.15) is 23.8 Å². The maximum absolute atomic E-state index is 11.3. The highest BCUT2D eigenvalue weighted by Gasteiger charge is 2.11. The number of nitrogens with two attached hydrogens (primary N) is 1. The Morgan fingerprint density at radius 2 is 2.35 bits per heavy atom. The van der Waals surface area contributed by atoms with Crippen LogP contribution in [0.15, 0.2) is 6.20 Å². The summed E-state index contributed by atoms with van der Waals surface area (Å²) in [5.41, 5.74) is 5.39. The van der Waals surface area contributed by atoms with Crippen molar-refractivity contribution in [3.8, 4) is 0 Å². The zero-order valence-corrected chi connectivity index (χ0v) is 9.46. The van der Waals surface area contributed by atoms with Crippen molar-refractivity contribution in [3.05, 3.63) is 11.9 Å². The van der Waals surface area contributed by atoms with Gasteiger partial charge in [0, 0.05) is 6.54 Å². The molecule has 0 aliphatic rings. The molecule has 0 fully saturated rings. The first kappa shape index (κ1) is 13.1. The van der Waals surface area contributed by atoms with Crippen molar-refractivity contribution in [3.63, 3.8) is 0 Å². The third-order valence-electron chi connectivity index (χ3n) is 2.17. The standard InChI is InChI=1S/C9H15N5O3/c1-2-6(10)8(15)11-3-4-14-5-7(9(16)17)12-13-14/h5-6H,2-4,10H2,1H3,(H,11,15)(H,16,17)/t6-/m1/s1. The van der Waals surface area contributed by atoms with Crippen LogP contribution in [0.2, 0.25) is 0 Å². The van der Waals surface area contributed by atoms with Crippen LogP contribution >= 0.6 is 0 Å². The van der Waals surface area contributed by atoms with Gasteiger partial charge in [-0.2, -0.15) is 0 Å². The summed E-state index contributed by atoms with van der Waals surface area (Å²) < 4.78 is 1.35. The van der Waals surface area contributed by atoms with E-state index in [-0.39, 0.29) is 11.6 Å². The number of carbonyl (C=O) groups is 2. The van der Waals surface area contributed by atoms with Gasteiger partial charge in [-0.05, 0) is 6.42 Å². The Morgan fingerprint density at radius 1 is 1.65 bits per heavy atom. The topological polar surface area (TPSA) is 123 Å². The van der Waals surface area contributed by atoms with Crippen LogP contribution in [0.3, 0.4) is 0 Å². The van der Waals surface area contributed by atoms with E-state index in [4.69, 9.17) is 10.8 Å². The third kappa shape index (κ3) is 3.83. The molecule has 1 atom stereocenters. The van der Waals surface area contributed by atoms with E-state index in [1.807, 2.05) is 6.92 Å². The molecule has 1 rings (SSSR count). The third-order valence-corrected chi connectivity index (χ3v) is 2.17. The molecule has 8 nitrogen and oxygen atoms in total. The highest BCUT2D eigenvalue weighted by atomic mass is 16.4. The number of hydrogen-bond donors (Lipinski definition) is 3. The van der Waals surface area contributed by atoms with Gasteiger partial charge >= 0.3 is 5.97 Å². The molecule has 1 amide bonds. The minimum Gasteiger partial charge on any atom is -0.476 e. The van der Waals surface area contributed by atoms with Crippen molar-refractivity contribution in [2.24, 2.45) is 5.73 Å². The Labute approximate surface area is 97.8 Å². The van der Waals surface area contributed by atoms with Crippen molar-refractivity contribution in [1.82, 2.24) is 20.3 Å². The predicted molar refractivity (Wildman–Crippen MR) is 58.3 cm³/mol. The number of amides is 1. The van der Waals surface area contributed by atoms with Crippen molar-refractivity contribution in [1.29, 1.82) is 0 Å². The van der Waals surface area contributed by atoms with Gasteiger partial charge in [-0.1, -0.05) is 12.1 Å². The Bertz CT molecular complexity index is 403. The molecule has 0 bridgehead atoms.